The van der Waals surface area contributed by atoms with Crippen LogP contribution in [0.4, 0.5) is 11.5 Å². The van der Waals surface area contributed by atoms with Gasteiger partial charge in [0, 0.05) is 13.6 Å². The van der Waals surface area contributed by atoms with E-state index in [9.17, 15) is 4.79 Å². The Bertz CT molecular complexity index is 554. The van der Waals surface area contributed by atoms with Gasteiger partial charge in [-0.3, -0.25) is 0 Å². The molecule has 18 heavy (non-hydrogen) atoms. The first kappa shape index (κ1) is 12.4. The van der Waals surface area contributed by atoms with Gasteiger partial charge in [0.1, 0.15) is 11.4 Å². The van der Waals surface area contributed by atoms with E-state index in [4.69, 9.17) is 10.8 Å². The van der Waals surface area contributed by atoms with Crippen molar-refractivity contribution in [2.24, 2.45) is 0 Å². The minimum atomic E-state index is -1.03. The maximum atomic E-state index is 11.2. The Morgan fingerprint density at radius 3 is 3.00 bits per heavy atom. The van der Waals surface area contributed by atoms with Gasteiger partial charge in [-0.1, -0.05) is 0 Å². The van der Waals surface area contributed by atoms with Crippen LogP contribution in [0.3, 0.4) is 0 Å². The number of thiophene rings is 1. The fraction of sp³-hybridized carbons (Fsp3) is 0.167. The smallest absolute Gasteiger partial charge is 0.339 e. The first-order valence-corrected chi connectivity index (χ1v) is 6.23. The van der Waals surface area contributed by atoms with Crippen molar-refractivity contribution in [3.05, 3.63) is 40.2 Å². The second kappa shape index (κ2) is 5.05. The number of rotatable bonds is 4. The van der Waals surface area contributed by atoms with E-state index in [2.05, 4.69) is 4.98 Å². The van der Waals surface area contributed by atoms with Crippen molar-refractivity contribution < 1.29 is 9.90 Å². The molecule has 0 bridgehead atoms. The summed E-state index contributed by atoms with van der Waals surface area (Å²) in [4.78, 5) is 17.1. The summed E-state index contributed by atoms with van der Waals surface area (Å²) in [6.45, 7) is 0.612. The van der Waals surface area contributed by atoms with Gasteiger partial charge in [-0.2, -0.15) is 11.3 Å². The summed E-state index contributed by atoms with van der Waals surface area (Å²) < 4.78 is 0. The second-order valence-electron chi connectivity index (χ2n) is 3.93. The number of hydrogen-bond donors (Lipinski definition) is 2. The fourth-order valence-corrected chi connectivity index (χ4v) is 2.33. The lowest BCUT2D eigenvalue weighted by atomic mass is 10.2. The summed E-state index contributed by atoms with van der Waals surface area (Å²) >= 11 is 1.61. The summed E-state index contributed by atoms with van der Waals surface area (Å²) in [7, 11) is 1.81. The Morgan fingerprint density at radius 2 is 2.39 bits per heavy atom. The number of nitrogens with zero attached hydrogens (tertiary/aromatic N) is 2. The summed E-state index contributed by atoms with van der Waals surface area (Å²) in [5.74, 6) is -0.607. The minimum absolute atomic E-state index is 0.118. The van der Waals surface area contributed by atoms with Crippen LogP contribution in [0.25, 0.3) is 0 Å². The van der Waals surface area contributed by atoms with Gasteiger partial charge in [-0.25, -0.2) is 9.78 Å². The molecule has 2 aromatic rings. The van der Waals surface area contributed by atoms with Crippen molar-refractivity contribution in [1.29, 1.82) is 0 Å². The number of aromatic carboxylic acids is 1. The summed E-state index contributed by atoms with van der Waals surface area (Å²) in [6, 6.07) is 3.42. The molecule has 0 unspecified atom stereocenters. The molecule has 6 heteroatoms. The maximum absolute atomic E-state index is 11.2. The van der Waals surface area contributed by atoms with E-state index in [0.29, 0.717) is 18.1 Å². The average Bonchev–Trinajstić information content (AvgIpc) is 2.81. The van der Waals surface area contributed by atoms with Gasteiger partial charge in [0.25, 0.3) is 0 Å². The topological polar surface area (TPSA) is 79.5 Å². The molecule has 94 valence electrons. The molecule has 3 N–H and O–H groups in total. The minimum Gasteiger partial charge on any atom is -0.478 e. The molecule has 2 rings (SSSR count). The molecule has 0 aromatic carbocycles. The predicted octanol–water partition coefficient (Wildman–Crippen LogP) is 2.06. The summed E-state index contributed by atoms with van der Waals surface area (Å²) in [6.07, 6.45) is 1.46. The van der Waals surface area contributed by atoms with E-state index in [-0.39, 0.29) is 5.56 Å². The molecule has 0 aliphatic rings. The number of anilines is 2. The van der Waals surface area contributed by atoms with Crippen LogP contribution in [0.15, 0.2) is 29.1 Å². The van der Waals surface area contributed by atoms with Crippen LogP contribution in [-0.2, 0) is 6.54 Å². The van der Waals surface area contributed by atoms with E-state index in [1.807, 2.05) is 23.9 Å². The number of carboxylic acid groups (broad SMARTS) is 1. The number of nitrogens with two attached hydrogens (primary N) is 1. The zero-order valence-corrected chi connectivity index (χ0v) is 10.6. The molecule has 0 radical (unpaired) electrons. The monoisotopic (exact) mass is 263 g/mol. The quantitative estimate of drug-likeness (QED) is 0.882. The summed E-state index contributed by atoms with van der Waals surface area (Å²) in [5, 5.41) is 13.2. The zero-order valence-electron chi connectivity index (χ0n) is 9.83. The molecule has 5 nitrogen and oxygen atoms in total. The number of pyridine rings is 1. The van der Waals surface area contributed by atoms with E-state index in [0.717, 1.165) is 5.56 Å². The van der Waals surface area contributed by atoms with Gasteiger partial charge < -0.3 is 15.7 Å². The third kappa shape index (κ3) is 2.60. The zero-order chi connectivity index (χ0) is 13.1. The third-order valence-corrected chi connectivity index (χ3v) is 3.21. The SMILES string of the molecule is CN(Cc1ccsc1)c1ncc(N)cc1C(=O)O. The van der Waals surface area contributed by atoms with Crippen LogP contribution in [0.1, 0.15) is 15.9 Å². The van der Waals surface area contributed by atoms with Gasteiger partial charge >= 0.3 is 5.97 Å². The molecule has 2 aromatic heterocycles. The predicted molar refractivity (Wildman–Crippen MR) is 72.0 cm³/mol. The third-order valence-electron chi connectivity index (χ3n) is 2.48. The number of carbonyl (C=O) groups is 1. The molecule has 0 saturated heterocycles. The molecule has 2 heterocycles. The highest BCUT2D eigenvalue weighted by Gasteiger charge is 2.15. The first-order chi connectivity index (χ1) is 8.58. The Hall–Kier alpha value is -2.08. The molecule has 0 aliphatic heterocycles. The Kier molecular flexibility index (Phi) is 3.47. The molecule has 0 spiro atoms. The first-order valence-electron chi connectivity index (χ1n) is 5.29. The van der Waals surface area contributed by atoms with Gasteiger partial charge in [-0.15, -0.1) is 0 Å². The highest BCUT2D eigenvalue weighted by atomic mass is 32.1. The molecular formula is C12H13N3O2S. The number of hydrogen-bond acceptors (Lipinski definition) is 5. The van der Waals surface area contributed by atoms with Crippen LogP contribution in [0.5, 0.6) is 0 Å². The Balaban J connectivity index is 2.29. The number of nitrogen functional groups attached to an aromatic ring is 1. The van der Waals surface area contributed by atoms with E-state index in [1.54, 1.807) is 16.2 Å². The van der Waals surface area contributed by atoms with Crippen LogP contribution in [-0.4, -0.2) is 23.1 Å². The molecule has 0 atom stereocenters. The van der Waals surface area contributed by atoms with Crippen molar-refractivity contribution in [2.45, 2.75) is 6.54 Å². The van der Waals surface area contributed by atoms with E-state index >= 15 is 0 Å². The fourth-order valence-electron chi connectivity index (χ4n) is 1.67. The van der Waals surface area contributed by atoms with Crippen LogP contribution in [0, 0.1) is 0 Å². The Morgan fingerprint density at radius 1 is 1.61 bits per heavy atom. The highest BCUT2D eigenvalue weighted by Crippen LogP contribution is 2.21. The lowest BCUT2D eigenvalue weighted by molar-refractivity contribution is 0.0697. The summed E-state index contributed by atoms with van der Waals surface area (Å²) in [5.41, 5.74) is 7.15. The lowest BCUT2D eigenvalue weighted by Crippen LogP contribution is -2.20. The maximum Gasteiger partial charge on any atom is 0.339 e. The number of aromatic nitrogens is 1. The van der Waals surface area contributed by atoms with Crippen molar-refractivity contribution in [1.82, 2.24) is 4.98 Å². The molecule has 0 aliphatic carbocycles. The van der Waals surface area contributed by atoms with Gasteiger partial charge in [0.2, 0.25) is 0 Å². The molecular weight excluding hydrogens is 250 g/mol. The number of carboxylic acids is 1. The van der Waals surface area contributed by atoms with E-state index in [1.165, 1.54) is 12.3 Å². The Labute approximate surface area is 108 Å². The largest absolute Gasteiger partial charge is 0.478 e. The van der Waals surface area contributed by atoms with Gasteiger partial charge in [-0.05, 0) is 28.5 Å². The van der Waals surface area contributed by atoms with Crippen LogP contribution in [0.2, 0.25) is 0 Å². The molecule has 0 fully saturated rings. The highest BCUT2D eigenvalue weighted by molar-refractivity contribution is 7.07. The standard InChI is InChI=1S/C12H13N3O2S/c1-15(6-8-2-3-18-7-8)11-10(12(16)17)4-9(13)5-14-11/h2-5,7H,6,13H2,1H3,(H,16,17). The van der Waals surface area contributed by atoms with Gasteiger partial charge in [0.15, 0.2) is 0 Å². The van der Waals surface area contributed by atoms with Crippen molar-refractivity contribution >= 4 is 28.8 Å². The van der Waals surface area contributed by atoms with Gasteiger partial charge in [0.05, 0.1) is 11.9 Å². The lowest BCUT2D eigenvalue weighted by Gasteiger charge is -2.19. The van der Waals surface area contributed by atoms with Crippen molar-refractivity contribution in [3.8, 4) is 0 Å². The van der Waals surface area contributed by atoms with Crippen molar-refractivity contribution in [2.75, 3.05) is 17.7 Å². The molecule has 0 amide bonds. The van der Waals surface area contributed by atoms with E-state index < -0.39 is 5.97 Å². The van der Waals surface area contributed by atoms with Crippen LogP contribution >= 0.6 is 11.3 Å². The second-order valence-corrected chi connectivity index (χ2v) is 4.71. The van der Waals surface area contributed by atoms with Crippen LogP contribution < -0.4 is 10.6 Å². The van der Waals surface area contributed by atoms with Crippen molar-refractivity contribution in [3.63, 3.8) is 0 Å². The average molecular weight is 263 g/mol. The molecule has 0 saturated carbocycles. The normalized spacial score (nSPS) is 10.3.